The number of carboxylic acids is 1. The van der Waals surface area contributed by atoms with Crippen molar-refractivity contribution in [1.29, 1.82) is 0 Å². The Balaban J connectivity index is 1.26. The molecule has 0 radical (unpaired) electrons. The van der Waals surface area contributed by atoms with Crippen molar-refractivity contribution in [1.82, 2.24) is 0 Å². The van der Waals surface area contributed by atoms with E-state index in [0.717, 1.165) is 63.4 Å². The topological polar surface area (TPSA) is 186 Å². The summed E-state index contributed by atoms with van der Waals surface area (Å²) < 4.78 is 19.6. The zero-order valence-electron chi connectivity index (χ0n) is 36.7. The Morgan fingerprint density at radius 3 is 2.33 bits per heavy atom. The highest BCUT2D eigenvalue weighted by Gasteiger charge is 2.76. The van der Waals surface area contributed by atoms with Gasteiger partial charge in [-0.25, -0.2) is 0 Å². The third kappa shape index (κ3) is 6.55. The third-order valence-corrected chi connectivity index (χ3v) is 18.7. The summed E-state index contributed by atoms with van der Waals surface area (Å²) >= 11 is 0. The van der Waals surface area contributed by atoms with Crippen LogP contribution < -0.4 is 0 Å². The van der Waals surface area contributed by atoms with Crippen LogP contribution in [0.1, 0.15) is 124 Å². The lowest BCUT2D eigenvalue weighted by Gasteiger charge is -2.76. The van der Waals surface area contributed by atoms with Crippen LogP contribution in [-0.2, 0) is 25.6 Å². The Kier molecular flexibility index (Phi) is 12.1. The van der Waals surface area contributed by atoms with E-state index >= 15 is 0 Å². The van der Waals surface area contributed by atoms with Crippen molar-refractivity contribution in [2.75, 3.05) is 19.8 Å². The molecule has 8 rings (SSSR count). The SMILES string of the molecule is CCCCC[C@@H]1C[C@@]2(C(=O)O)[C@@H](O)C[C@](C)(CO)C[C@H]2C2=C[C@@H]3CCC[C@]4(CC[C@@H]5[C@](C)(CO)[C@H](O[C@@H]6OC[C@@H](O)[C@H](O)[C@H]6O)[C@H](OCc6ccccc6)C[C@]5(C)[C@@H]34)[C@@]21C. The van der Waals surface area contributed by atoms with Crippen molar-refractivity contribution in [3.8, 4) is 0 Å². The van der Waals surface area contributed by atoms with Gasteiger partial charge in [-0.05, 0) is 115 Å². The number of carbonyl (C=O) groups is 1. The quantitative estimate of drug-likeness (QED) is 0.0744. The van der Waals surface area contributed by atoms with E-state index in [9.17, 15) is 40.5 Å². The Morgan fingerprint density at radius 1 is 0.900 bits per heavy atom. The van der Waals surface area contributed by atoms with E-state index in [2.05, 4.69) is 33.8 Å². The first-order valence-electron chi connectivity index (χ1n) is 23.3. The van der Waals surface area contributed by atoms with Crippen molar-refractivity contribution >= 4 is 5.97 Å². The number of allylic oxidation sites excluding steroid dienone is 2. The zero-order chi connectivity index (χ0) is 43.0. The van der Waals surface area contributed by atoms with Gasteiger partial charge in [0.1, 0.15) is 23.7 Å². The second-order valence-corrected chi connectivity index (χ2v) is 21.8. The van der Waals surface area contributed by atoms with E-state index in [1.54, 1.807) is 0 Å². The van der Waals surface area contributed by atoms with Crippen molar-refractivity contribution in [3.63, 3.8) is 0 Å². The number of unbranched alkanes of at least 4 members (excludes halogenated alkanes) is 2. The van der Waals surface area contributed by atoms with Crippen LogP contribution in [0.4, 0.5) is 0 Å². The molecule has 1 saturated heterocycles. The summed E-state index contributed by atoms with van der Waals surface area (Å²) in [5.41, 5.74) is -1.41. The van der Waals surface area contributed by atoms with Crippen LogP contribution in [0.15, 0.2) is 42.0 Å². The predicted molar refractivity (Wildman–Crippen MR) is 224 cm³/mol. The minimum absolute atomic E-state index is 0.0143. The monoisotopic (exact) mass is 839 g/mol. The van der Waals surface area contributed by atoms with Crippen LogP contribution in [0.25, 0.3) is 0 Å². The van der Waals surface area contributed by atoms with Crippen LogP contribution in [0.5, 0.6) is 0 Å². The molecule has 0 unspecified atom stereocenters. The van der Waals surface area contributed by atoms with E-state index in [1.165, 1.54) is 5.57 Å². The fourth-order valence-electron chi connectivity index (χ4n) is 16.0. The van der Waals surface area contributed by atoms with Crippen molar-refractivity contribution < 1.29 is 54.8 Å². The smallest absolute Gasteiger partial charge is 0.312 e. The van der Waals surface area contributed by atoms with Gasteiger partial charge in [0.25, 0.3) is 0 Å². The first-order chi connectivity index (χ1) is 28.5. The van der Waals surface area contributed by atoms with Crippen molar-refractivity contribution in [2.24, 2.45) is 62.1 Å². The molecule has 0 spiro atoms. The van der Waals surface area contributed by atoms with E-state index < -0.39 is 71.0 Å². The first kappa shape index (κ1) is 44.7. The summed E-state index contributed by atoms with van der Waals surface area (Å²) in [6, 6.07) is 9.98. The van der Waals surface area contributed by atoms with Crippen LogP contribution >= 0.6 is 0 Å². The number of hydrogen-bond donors (Lipinski definition) is 7. The molecule has 7 N–H and O–H groups in total. The van der Waals surface area contributed by atoms with E-state index in [4.69, 9.17) is 14.2 Å². The maximum atomic E-state index is 13.8. The third-order valence-electron chi connectivity index (χ3n) is 18.7. The van der Waals surface area contributed by atoms with Gasteiger partial charge in [-0.3, -0.25) is 4.79 Å². The maximum absolute atomic E-state index is 13.8. The molecule has 1 aliphatic heterocycles. The molecule has 60 heavy (non-hydrogen) atoms. The van der Waals surface area contributed by atoms with Gasteiger partial charge < -0.3 is 50.0 Å². The number of aliphatic hydroxyl groups excluding tert-OH is 6. The van der Waals surface area contributed by atoms with E-state index in [-0.39, 0.29) is 66.2 Å². The molecule has 1 aromatic carbocycles. The minimum atomic E-state index is -1.49. The van der Waals surface area contributed by atoms with E-state index in [1.807, 2.05) is 37.3 Å². The number of benzene rings is 1. The molecule has 11 nitrogen and oxygen atoms in total. The lowest BCUT2D eigenvalue weighted by atomic mass is 9.28. The van der Waals surface area contributed by atoms with Crippen LogP contribution in [-0.4, -0.2) is 104 Å². The number of carboxylic acid groups (broad SMARTS) is 1. The summed E-state index contributed by atoms with van der Waals surface area (Å²) in [5.74, 6) is -0.938. The number of hydrogen-bond acceptors (Lipinski definition) is 10. The summed E-state index contributed by atoms with van der Waals surface area (Å²) in [7, 11) is 0. The van der Waals surface area contributed by atoms with Crippen molar-refractivity contribution in [3.05, 3.63) is 47.5 Å². The molecule has 6 fully saturated rings. The van der Waals surface area contributed by atoms with Crippen LogP contribution in [0, 0.1) is 62.1 Å². The zero-order valence-corrected chi connectivity index (χ0v) is 36.7. The number of aliphatic hydroxyl groups is 6. The van der Waals surface area contributed by atoms with Gasteiger partial charge >= 0.3 is 5.97 Å². The number of ether oxygens (including phenoxy) is 3. The molecule has 0 amide bonds. The lowest BCUT2D eigenvalue weighted by molar-refractivity contribution is -0.337. The highest BCUT2D eigenvalue weighted by atomic mass is 16.7. The Labute approximate surface area is 356 Å². The molecule has 336 valence electrons. The summed E-state index contributed by atoms with van der Waals surface area (Å²) in [4.78, 5) is 13.8. The second kappa shape index (κ2) is 16.3. The highest BCUT2D eigenvalue weighted by molar-refractivity contribution is 5.78. The number of fused-ring (bicyclic) bond motifs is 4. The van der Waals surface area contributed by atoms with Gasteiger partial charge in [-0.15, -0.1) is 0 Å². The lowest BCUT2D eigenvalue weighted by Crippen LogP contribution is -2.73. The van der Waals surface area contributed by atoms with Gasteiger partial charge in [-0.1, -0.05) is 102 Å². The molecular weight excluding hydrogens is 765 g/mol. The first-order valence-corrected chi connectivity index (χ1v) is 23.3. The molecule has 6 aliphatic carbocycles. The highest BCUT2D eigenvalue weighted by Crippen LogP contribution is 2.81. The van der Waals surface area contributed by atoms with Crippen LogP contribution in [0.2, 0.25) is 0 Å². The average molecular weight is 839 g/mol. The maximum Gasteiger partial charge on any atom is 0.312 e. The molecule has 18 atom stereocenters. The molecule has 1 aromatic rings. The van der Waals surface area contributed by atoms with Crippen LogP contribution in [0.3, 0.4) is 0 Å². The average Bonchev–Trinajstić information content (AvgIpc) is 3.22. The Bertz CT molecular complexity index is 1740. The number of aliphatic carboxylic acids is 1. The molecule has 2 bridgehead atoms. The number of rotatable bonds is 12. The minimum Gasteiger partial charge on any atom is -0.481 e. The molecule has 11 heteroatoms. The standard InChI is InChI=1S/C49H74O11/c1-6-7-9-16-31-21-49(43(56)57)33(22-44(2,27-50)24-37(49)53)32-20-30-15-12-18-48(47(31,32)5)19-17-36-45(3,40(30)48)23-35(58-25-29-13-10-8-11-14-29)41(46(36,4)28-51)60-42-39(55)38(54)34(52)26-59-42/h8,10-11,13-14,20,30-31,33-42,50-55H,6-7,9,12,15-19,21-28H2,1-5H3,(H,56,57)/t30-,31+,33-,34+,35+,36-,37-,38-,39+,40+,41+,42-,44+,45-,46-,47+,48+,49-/m0/s1. The Hall–Kier alpha value is -1.93. The fraction of sp³-hybridized carbons (Fsp3) is 0.816. The summed E-state index contributed by atoms with van der Waals surface area (Å²) in [5, 5.41) is 78.0. The fourth-order valence-corrected chi connectivity index (χ4v) is 16.0. The van der Waals surface area contributed by atoms with Gasteiger partial charge in [0.15, 0.2) is 6.29 Å². The summed E-state index contributed by atoms with van der Waals surface area (Å²) in [6.45, 7) is 11.0. The summed E-state index contributed by atoms with van der Waals surface area (Å²) in [6.07, 6.45) is 5.44. The molecule has 0 aromatic heterocycles. The normalized spacial score (nSPS) is 49.8. The van der Waals surface area contributed by atoms with Gasteiger partial charge in [0.2, 0.25) is 0 Å². The predicted octanol–water partition coefficient (Wildman–Crippen LogP) is 6.00. The van der Waals surface area contributed by atoms with Gasteiger partial charge in [0.05, 0.1) is 38.1 Å². The second-order valence-electron chi connectivity index (χ2n) is 21.8. The Morgan fingerprint density at radius 2 is 1.65 bits per heavy atom. The van der Waals surface area contributed by atoms with E-state index in [0.29, 0.717) is 25.9 Å². The molecule has 7 aliphatic rings. The van der Waals surface area contributed by atoms with Gasteiger partial charge in [0, 0.05) is 12.0 Å². The largest absolute Gasteiger partial charge is 0.481 e. The van der Waals surface area contributed by atoms with Crippen molar-refractivity contribution in [2.45, 2.75) is 168 Å². The van der Waals surface area contributed by atoms with Gasteiger partial charge in [-0.2, -0.15) is 0 Å². The molecular formula is C49H74O11. The molecule has 5 saturated carbocycles. The molecule has 1 heterocycles.